The average molecular weight is 487 g/mol. The van der Waals surface area contributed by atoms with Crippen molar-refractivity contribution in [3.05, 3.63) is 0 Å². The lowest BCUT2D eigenvalue weighted by Gasteiger charge is -2.61. The molecule has 2 bridgehead atoms. The summed E-state index contributed by atoms with van der Waals surface area (Å²) in [5.41, 5.74) is 0.828. The lowest BCUT2D eigenvalue weighted by Crippen LogP contribution is -2.57. The van der Waals surface area contributed by atoms with Crippen LogP contribution in [0.2, 0.25) is 0 Å². The number of methoxy groups -OCH3 is 1. The molecule has 5 aliphatic carbocycles. The van der Waals surface area contributed by atoms with Crippen molar-refractivity contribution in [1.82, 2.24) is 0 Å². The van der Waals surface area contributed by atoms with Gasteiger partial charge in [-0.3, -0.25) is 0 Å². The van der Waals surface area contributed by atoms with Gasteiger partial charge in [0.1, 0.15) is 5.60 Å². The number of fused-ring (bicyclic) bond motifs is 6. The van der Waals surface area contributed by atoms with E-state index in [-0.39, 0.29) is 17.3 Å². The van der Waals surface area contributed by atoms with Gasteiger partial charge in [-0.05, 0) is 118 Å². The lowest BCUT2D eigenvalue weighted by molar-refractivity contribution is -0.385. The summed E-state index contributed by atoms with van der Waals surface area (Å²) in [6.07, 6.45) is 12.9. The molecule has 7 fully saturated rings. The highest BCUT2D eigenvalue weighted by Crippen LogP contribution is 2.82. The summed E-state index contributed by atoms with van der Waals surface area (Å²) in [6, 6.07) is 0. The summed E-state index contributed by atoms with van der Waals surface area (Å²) in [7, 11) is 2.01. The smallest absolute Gasteiger partial charge is 0.281 e. The van der Waals surface area contributed by atoms with Crippen LogP contribution in [-0.2, 0) is 18.9 Å². The second kappa shape index (κ2) is 6.88. The van der Waals surface area contributed by atoms with Crippen LogP contribution in [0.5, 0.6) is 0 Å². The Morgan fingerprint density at radius 2 is 1.63 bits per heavy atom. The molecular formula is C31H50O4. The number of ether oxygens (including phenoxy) is 4. The summed E-state index contributed by atoms with van der Waals surface area (Å²) >= 11 is 0. The maximum Gasteiger partial charge on any atom is 0.281 e. The molecule has 7 aliphatic rings. The first-order valence-electron chi connectivity index (χ1n) is 14.9. The summed E-state index contributed by atoms with van der Waals surface area (Å²) < 4.78 is 25.7. The van der Waals surface area contributed by atoms with E-state index in [1.54, 1.807) is 0 Å². The second-order valence-corrected chi connectivity index (χ2v) is 15.5. The van der Waals surface area contributed by atoms with Crippen LogP contribution < -0.4 is 0 Å². The van der Waals surface area contributed by atoms with Crippen molar-refractivity contribution in [1.29, 1.82) is 0 Å². The molecule has 198 valence electrons. The maximum absolute atomic E-state index is 6.63. The Kier molecular flexibility index (Phi) is 4.70. The SMILES string of the molecule is CO[C@@H]1C[C@H]2[C@@H]3CC[C@H]([C@H](C)[C@@H]4C[C@@]5(C)OC(C)(O4)OC5(C)C)[C@@]3(C)CC[C@@H]2[C@@]2(C)CC[C@@H]3C[C@]312. The van der Waals surface area contributed by atoms with Crippen molar-refractivity contribution in [2.45, 2.75) is 136 Å². The molecule has 0 aromatic heterocycles. The van der Waals surface area contributed by atoms with Crippen molar-refractivity contribution in [3.63, 3.8) is 0 Å². The molecular weight excluding hydrogens is 436 g/mol. The van der Waals surface area contributed by atoms with E-state index in [2.05, 4.69) is 41.5 Å². The Hall–Kier alpha value is -0.160. The van der Waals surface area contributed by atoms with Crippen LogP contribution >= 0.6 is 0 Å². The predicted molar refractivity (Wildman–Crippen MR) is 136 cm³/mol. The van der Waals surface area contributed by atoms with Gasteiger partial charge in [0, 0.05) is 25.9 Å². The Morgan fingerprint density at radius 1 is 0.857 bits per heavy atom. The Balaban J connectivity index is 1.15. The lowest BCUT2D eigenvalue weighted by atomic mass is 9.45. The zero-order valence-corrected chi connectivity index (χ0v) is 23.6. The van der Waals surface area contributed by atoms with Crippen molar-refractivity contribution in [3.8, 4) is 0 Å². The Morgan fingerprint density at radius 3 is 2.31 bits per heavy atom. The number of rotatable bonds is 3. The van der Waals surface area contributed by atoms with E-state index < -0.39 is 5.97 Å². The topological polar surface area (TPSA) is 36.9 Å². The van der Waals surface area contributed by atoms with Crippen LogP contribution in [-0.4, -0.2) is 36.5 Å². The second-order valence-electron chi connectivity index (χ2n) is 15.5. The third-order valence-corrected chi connectivity index (χ3v) is 14.2. The molecule has 4 heteroatoms. The zero-order chi connectivity index (χ0) is 24.8. The van der Waals surface area contributed by atoms with Crippen LogP contribution in [0.4, 0.5) is 0 Å². The summed E-state index contributed by atoms with van der Waals surface area (Å²) in [4.78, 5) is 0. The largest absolute Gasteiger partial charge is 0.381 e. The zero-order valence-electron chi connectivity index (χ0n) is 23.6. The van der Waals surface area contributed by atoms with E-state index in [9.17, 15) is 0 Å². The van der Waals surface area contributed by atoms with Crippen molar-refractivity contribution in [2.75, 3.05) is 7.11 Å². The standard InChI is InChI=1S/C31H50O4/c1-18(24-17-29(6)26(2,3)34-30(7,33-24)35-29)21-9-10-22-20-15-25(32-8)31-16-19(31)11-14-28(31,5)23(20)12-13-27(21,22)4/h18-25H,9-17H2,1-8H3/t18-,19+,20-,21+,22-,23-,24-,25+,27+,28+,29+,30?,31-/m0/s1. The van der Waals surface area contributed by atoms with Crippen LogP contribution in [0.3, 0.4) is 0 Å². The first-order valence-corrected chi connectivity index (χ1v) is 14.9. The van der Waals surface area contributed by atoms with Crippen molar-refractivity contribution >= 4 is 0 Å². The third kappa shape index (κ3) is 2.74. The van der Waals surface area contributed by atoms with Crippen LogP contribution in [0, 0.1) is 51.8 Å². The van der Waals surface area contributed by atoms with E-state index in [1.807, 2.05) is 14.0 Å². The molecule has 0 radical (unpaired) electrons. The fourth-order valence-corrected chi connectivity index (χ4v) is 12.2. The van der Waals surface area contributed by atoms with Gasteiger partial charge in [0.25, 0.3) is 5.97 Å². The van der Waals surface area contributed by atoms with Gasteiger partial charge in [0.15, 0.2) is 0 Å². The molecule has 0 N–H and O–H groups in total. The molecule has 0 aromatic rings. The van der Waals surface area contributed by atoms with Crippen molar-refractivity contribution < 1.29 is 18.9 Å². The molecule has 7 rings (SSSR count). The molecule has 0 amide bonds. The van der Waals surface area contributed by atoms with E-state index in [0.29, 0.717) is 34.2 Å². The highest BCUT2D eigenvalue weighted by molar-refractivity contribution is 5.26. The third-order valence-electron chi connectivity index (χ3n) is 14.2. The summed E-state index contributed by atoms with van der Waals surface area (Å²) in [6.45, 7) is 16.4. The van der Waals surface area contributed by atoms with Crippen LogP contribution in [0.25, 0.3) is 0 Å². The van der Waals surface area contributed by atoms with Crippen molar-refractivity contribution in [2.24, 2.45) is 51.8 Å². The van der Waals surface area contributed by atoms with Gasteiger partial charge in [-0.15, -0.1) is 0 Å². The minimum atomic E-state index is -0.909. The average Bonchev–Trinajstić information content (AvgIpc) is 3.23. The van der Waals surface area contributed by atoms with E-state index in [4.69, 9.17) is 18.9 Å². The van der Waals surface area contributed by atoms with Gasteiger partial charge in [0.2, 0.25) is 0 Å². The summed E-state index contributed by atoms with van der Waals surface area (Å²) in [5.74, 6) is 3.88. The molecule has 5 saturated carbocycles. The molecule has 2 saturated heterocycles. The fraction of sp³-hybridized carbons (Fsp3) is 1.00. The normalized spacial score (nSPS) is 62.6. The first kappa shape index (κ1) is 23.9. The number of hydrogen-bond acceptors (Lipinski definition) is 4. The van der Waals surface area contributed by atoms with Gasteiger partial charge >= 0.3 is 0 Å². The number of hydrogen-bond donors (Lipinski definition) is 0. The monoisotopic (exact) mass is 486 g/mol. The van der Waals surface area contributed by atoms with Gasteiger partial charge < -0.3 is 18.9 Å². The summed E-state index contributed by atoms with van der Waals surface area (Å²) in [5, 5.41) is 0. The predicted octanol–water partition coefficient (Wildman–Crippen LogP) is 6.95. The van der Waals surface area contributed by atoms with E-state index in [0.717, 1.165) is 30.1 Å². The van der Waals surface area contributed by atoms with Gasteiger partial charge in [-0.1, -0.05) is 20.8 Å². The Bertz CT molecular complexity index is 914. The molecule has 1 spiro atoms. The fourth-order valence-electron chi connectivity index (χ4n) is 12.2. The first-order chi connectivity index (χ1) is 16.3. The van der Waals surface area contributed by atoms with E-state index >= 15 is 0 Å². The maximum atomic E-state index is 6.63. The van der Waals surface area contributed by atoms with Gasteiger partial charge in [-0.25, -0.2) is 0 Å². The molecule has 4 nitrogen and oxygen atoms in total. The van der Waals surface area contributed by atoms with E-state index in [1.165, 1.54) is 51.4 Å². The molecule has 35 heavy (non-hydrogen) atoms. The minimum Gasteiger partial charge on any atom is -0.381 e. The van der Waals surface area contributed by atoms with Gasteiger partial charge in [-0.2, -0.15) is 0 Å². The van der Waals surface area contributed by atoms with Crippen LogP contribution in [0.15, 0.2) is 0 Å². The van der Waals surface area contributed by atoms with Crippen LogP contribution in [0.1, 0.15) is 106 Å². The molecule has 0 aromatic carbocycles. The molecule has 2 heterocycles. The molecule has 2 aliphatic heterocycles. The minimum absolute atomic E-state index is 0.194. The molecule has 1 unspecified atom stereocenters. The highest BCUT2D eigenvalue weighted by Gasteiger charge is 2.77. The Labute approximate surface area is 213 Å². The van der Waals surface area contributed by atoms with Gasteiger partial charge in [0.05, 0.1) is 17.8 Å². The molecule has 13 atom stereocenters. The quantitative estimate of drug-likeness (QED) is 0.432. The highest BCUT2D eigenvalue weighted by atomic mass is 16.9.